The zero-order valence-corrected chi connectivity index (χ0v) is 17.5. The molecule has 1 amide bonds. The van der Waals surface area contributed by atoms with Crippen LogP contribution in [-0.4, -0.2) is 35.6 Å². The number of methoxy groups -OCH3 is 1. The van der Waals surface area contributed by atoms with Crippen molar-refractivity contribution in [2.45, 2.75) is 19.9 Å². The number of H-pyrrole nitrogens is 1. The van der Waals surface area contributed by atoms with E-state index in [1.807, 2.05) is 0 Å². The van der Waals surface area contributed by atoms with Gasteiger partial charge in [-0.3, -0.25) is 9.32 Å². The van der Waals surface area contributed by atoms with Crippen molar-refractivity contribution in [1.82, 2.24) is 10.2 Å². The molecule has 31 heavy (non-hydrogen) atoms. The van der Waals surface area contributed by atoms with E-state index in [9.17, 15) is 20.0 Å². The third kappa shape index (κ3) is 3.69. The Balaban J connectivity index is 1.75. The number of fused-ring (bicyclic) bond motifs is 1. The monoisotopic (exact) mass is 439 g/mol. The van der Waals surface area contributed by atoms with Crippen LogP contribution in [0.5, 0.6) is 5.75 Å². The molecule has 1 N–H and O–H groups in total. The zero-order valence-electron chi connectivity index (χ0n) is 16.7. The molecule has 1 aromatic carbocycles. The first-order valence-electron chi connectivity index (χ1n) is 9.27. The van der Waals surface area contributed by atoms with Gasteiger partial charge in [0, 0.05) is 30.5 Å². The predicted octanol–water partition coefficient (Wildman–Crippen LogP) is 0.530. The van der Waals surface area contributed by atoms with E-state index in [1.165, 1.54) is 30.1 Å². The fourth-order valence-electron chi connectivity index (χ4n) is 3.37. The lowest BCUT2D eigenvalue weighted by Gasteiger charge is -2.25. The molecule has 1 aliphatic heterocycles. The van der Waals surface area contributed by atoms with Crippen molar-refractivity contribution in [1.29, 1.82) is 5.26 Å². The number of ether oxygens (including phenoxy) is 1. The van der Waals surface area contributed by atoms with E-state index in [4.69, 9.17) is 9.26 Å². The lowest BCUT2D eigenvalue weighted by atomic mass is 10.0. The molecule has 2 aromatic heterocycles. The van der Waals surface area contributed by atoms with E-state index < -0.39 is 11.5 Å². The Morgan fingerprint density at radius 1 is 1.42 bits per heavy atom. The van der Waals surface area contributed by atoms with Crippen LogP contribution in [0.15, 0.2) is 38.6 Å². The van der Waals surface area contributed by atoms with Crippen LogP contribution in [0.3, 0.4) is 0 Å². The maximum absolute atomic E-state index is 12.9. The van der Waals surface area contributed by atoms with Crippen molar-refractivity contribution in [2.75, 3.05) is 13.7 Å². The van der Waals surface area contributed by atoms with Crippen molar-refractivity contribution < 1.29 is 23.8 Å². The number of aliphatic imine (C=N–C) groups is 1. The number of aromatic nitrogens is 2. The fourth-order valence-corrected chi connectivity index (χ4v) is 4.55. The quantitative estimate of drug-likeness (QED) is 0.357. The summed E-state index contributed by atoms with van der Waals surface area (Å²) in [6.45, 7) is 2.35. The van der Waals surface area contributed by atoms with Crippen molar-refractivity contribution in [3.63, 3.8) is 0 Å². The van der Waals surface area contributed by atoms with Crippen LogP contribution in [0.2, 0.25) is 0 Å². The highest BCUT2D eigenvalue weighted by molar-refractivity contribution is 7.16. The molecule has 0 aliphatic carbocycles. The van der Waals surface area contributed by atoms with E-state index in [2.05, 4.69) is 16.3 Å². The largest absolute Gasteiger partial charge is 0.854 e. The number of amides is 1. The molecule has 0 saturated carbocycles. The van der Waals surface area contributed by atoms with Gasteiger partial charge in [-0.25, -0.2) is 9.79 Å². The van der Waals surface area contributed by atoms with Gasteiger partial charge in [-0.2, -0.15) is 5.26 Å². The van der Waals surface area contributed by atoms with E-state index in [1.54, 1.807) is 29.2 Å². The Labute approximate surface area is 180 Å². The Bertz CT molecular complexity index is 1280. The molecule has 0 radical (unpaired) electrons. The Morgan fingerprint density at radius 3 is 2.81 bits per heavy atom. The van der Waals surface area contributed by atoms with Gasteiger partial charge in [0.15, 0.2) is 0 Å². The van der Waals surface area contributed by atoms with Gasteiger partial charge in [0.25, 0.3) is 0 Å². The molecule has 11 heteroatoms. The zero-order chi connectivity index (χ0) is 22.1. The number of rotatable bonds is 4. The molecule has 158 valence electrons. The molecule has 1 aliphatic rings. The van der Waals surface area contributed by atoms with Gasteiger partial charge in [0.1, 0.15) is 16.8 Å². The fraction of sp³-hybridized carbons (Fsp3) is 0.250. The van der Waals surface area contributed by atoms with Crippen LogP contribution < -0.4 is 20.2 Å². The van der Waals surface area contributed by atoms with Crippen molar-refractivity contribution in [2.24, 2.45) is 4.99 Å². The van der Waals surface area contributed by atoms with Crippen LogP contribution in [0, 0.1) is 11.3 Å². The molecule has 10 nitrogen and oxygen atoms in total. The van der Waals surface area contributed by atoms with Gasteiger partial charge in [0.2, 0.25) is 11.6 Å². The second-order valence-electron chi connectivity index (χ2n) is 6.77. The lowest BCUT2D eigenvalue weighted by molar-refractivity contribution is -0.673. The molecule has 0 unspecified atom stereocenters. The predicted molar refractivity (Wildman–Crippen MR) is 107 cm³/mol. The van der Waals surface area contributed by atoms with Gasteiger partial charge in [-0.05, 0) is 34.1 Å². The third-order valence-electron chi connectivity index (χ3n) is 4.98. The SMILES string of the molecule is COc1ccc(-[n+]2[nH]oc(=O)c2/C([O-])=N/c2sc3c(c2C#N)CCN(C(C)=O)C3)cc1. The Morgan fingerprint density at radius 2 is 2.16 bits per heavy atom. The van der Waals surface area contributed by atoms with Crippen LogP contribution in [0.4, 0.5) is 5.00 Å². The summed E-state index contributed by atoms with van der Waals surface area (Å²) in [6, 6.07) is 8.72. The van der Waals surface area contributed by atoms with Crippen LogP contribution in [0.25, 0.3) is 5.69 Å². The number of hydrogen-bond donors (Lipinski definition) is 1. The van der Waals surface area contributed by atoms with Crippen molar-refractivity contribution >= 4 is 28.1 Å². The van der Waals surface area contributed by atoms with Gasteiger partial charge in [-0.15, -0.1) is 11.3 Å². The molecular weight excluding hydrogens is 422 g/mol. The molecule has 4 rings (SSSR count). The lowest BCUT2D eigenvalue weighted by Crippen LogP contribution is -2.44. The summed E-state index contributed by atoms with van der Waals surface area (Å²) in [7, 11) is 1.53. The summed E-state index contributed by atoms with van der Waals surface area (Å²) < 4.78 is 11.1. The van der Waals surface area contributed by atoms with Crippen LogP contribution in [-0.2, 0) is 17.8 Å². The first-order chi connectivity index (χ1) is 14.9. The smallest absolute Gasteiger partial charge is 0.436 e. The molecule has 0 bridgehead atoms. The average molecular weight is 439 g/mol. The molecule has 3 aromatic rings. The Kier molecular flexibility index (Phi) is 5.31. The van der Waals surface area contributed by atoms with Crippen LogP contribution >= 0.6 is 11.3 Å². The number of aromatic amines is 1. The van der Waals surface area contributed by atoms with Gasteiger partial charge in [0.05, 0.1) is 25.1 Å². The van der Waals surface area contributed by atoms with Gasteiger partial charge >= 0.3 is 11.3 Å². The summed E-state index contributed by atoms with van der Waals surface area (Å²) in [5.41, 5.74) is 0.347. The molecule has 0 saturated heterocycles. The molecule has 0 atom stereocenters. The number of carbonyl (C=O) groups excluding carboxylic acids is 1. The number of hydrogen-bond acceptors (Lipinski definition) is 8. The highest BCUT2D eigenvalue weighted by Crippen LogP contribution is 2.38. The second kappa shape index (κ2) is 8.08. The summed E-state index contributed by atoms with van der Waals surface area (Å²) >= 11 is 1.17. The molecule has 0 spiro atoms. The van der Waals surface area contributed by atoms with E-state index in [0.717, 1.165) is 10.4 Å². The Hall–Kier alpha value is -3.91. The molecule has 0 fully saturated rings. The minimum atomic E-state index is -0.882. The van der Waals surface area contributed by atoms with Gasteiger partial charge in [-0.1, -0.05) is 0 Å². The summed E-state index contributed by atoms with van der Waals surface area (Å²) in [5, 5.41) is 25.1. The number of carbonyl (C=O) groups is 1. The second-order valence-corrected chi connectivity index (χ2v) is 7.85. The van der Waals surface area contributed by atoms with E-state index >= 15 is 0 Å². The number of nitrogens with zero attached hydrogens (tertiary/aromatic N) is 4. The highest BCUT2D eigenvalue weighted by atomic mass is 32.1. The topological polar surface area (TPSA) is 139 Å². The van der Waals surface area contributed by atoms with Crippen LogP contribution in [0.1, 0.15) is 28.6 Å². The summed E-state index contributed by atoms with van der Waals surface area (Å²) in [5.74, 6) is -0.294. The van der Waals surface area contributed by atoms with E-state index in [0.29, 0.717) is 36.5 Å². The minimum absolute atomic E-state index is 0.0578. The van der Waals surface area contributed by atoms with E-state index in [-0.39, 0.29) is 16.6 Å². The van der Waals surface area contributed by atoms with Gasteiger partial charge < -0.3 is 14.7 Å². The van der Waals surface area contributed by atoms with Crippen molar-refractivity contribution in [3.05, 3.63) is 56.4 Å². The number of benzene rings is 1. The minimum Gasteiger partial charge on any atom is -0.854 e. The first-order valence-corrected chi connectivity index (χ1v) is 10.1. The standard InChI is InChI=1S/C20H17N5O5S/c1-11(26)24-8-7-14-15(9-21)19(31-16(14)10-24)22-18(27)17-20(28)30-23-25(17)12-3-5-13(29-2)6-4-12/h3-6H,7-8,10H2,1-2H3,(H-,22,23,27,28). The number of nitriles is 1. The van der Waals surface area contributed by atoms with Crippen molar-refractivity contribution in [3.8, 4) is 17.5 Å². The normalized spacial score (nSPS) is 13.6. The molecular formula is C20H17N5O5S. The maximum atomic E-state index is 12.9. The summed E-state index contributed by atoms with van der Waals surface area (Å²) in [4.78, 5) is 30.4. The third-order valence-corrected chi connectivity index (χ3v) is 6.09. The maximum Gasteiger partial charge on any atom is 0.436 e. The first kappa shape index (κ1) is 20.4. The highest BCUT2D eigenvalue weighted by Gasteiger charge is 2.27. The number of thiophene rings is 1. The number of nitrogens with one attached hydrogen (secondary N) is 1. The summed E-state index contributed by atoms with van der Waals surface area (Å²) in [6.07, 6.45) is 0.510. The average Bonchev–Trinajstić information content (AvgIpc) is 3.32. The molecule has 3 heterocycles.